The van der Waals surface area contributed by atoms with Crippen molar-refractivity contribution in [1.82, 2.24) is 9.55 Å². The van der Waals surface area contributed by atoms with Gasteiger partial charge in [-0.05, 0) is 31.5 Å². The Kier molecular flexibility index (Phi) is 3.24. The first kappa shape index (κ1) is 11.8. The molecule has 17 heavy (non-hydrogen) atoms. The smallest absolute Gasteiger partial charge is 0.123 e. The van der Waals surface area contributed by atoms with Crippen molar-refractivity contribution in [1.29, 1.82) is 0 Å². The number of aromatic nitrogens is 2. The molecule has 0 radical (unpaired) electrons. The van der Waals surface area contributed by atoms with Gasteiger partial charge in [0, 0.05) is 0 Å². The van der Waals surface area contributed by atoms with Gasteiger partial charge in [-0.3, -0.25) is 0 Å². The van der Waals surface area contributed by atoms with Crippen LogP contribution in [-0.4, -0.2) is 14.7 Å². The molecule has 90 valence electrons. The Bertz CT molecular complexity index is 490. The van der Waals surface area contributed by atoms with Gasteiger partial charge in [0.1, 0.15) is 5.82 Å². The minimum absolute atomic E-state index is 0.0164. The summed E-state index contributed by atoms with van der Waals surface area (Å²) >= 11 is 0. The maximum atomic E-state index is 12.8. The van der Waals surface area contributed by atoms with Gasteiger partial charge in [-0.15, -0.1) is 0 Å². The van der Waals surface area contributed by atoms with E-state index in [0.29, 0.717) is 0 Å². The lowest BCUT2D eigenvalue weighted by Gasteiger charge is -2.18. The third-order valence-electron chi connectivity index (χ3n) is 2.89. The summed E-state index contributed by atoms with van der Waals surface area (Å²) in [4.78, 5) is 4.04. The van der Waals surface area contributed by atoms with Gasteiger partial charge in [-0.2, -0.15) is 0 Å². The molecule has 0 aliphatic heterocycles. The summed E-state index contributed by atoms with van der Waals surface area (Å²) in [6.07, 6.45) is 2.75. The van der Waals surface area contributed by atoms with Gasteiger partial charge in [0.25, 0.3) is 0 Å². The third-order valence-corrected chi connectivity index (χ3v) is 2.89. The van der Waals surface area contributed by atoms with Crippen LogP contribution in [0.25, 0.3) is 0 Å². The molecule has 0 saturated heterocycles. The van der Waals surface area contributed by atoms with Crippen molar-refractivity contribution < 1.29 is 9.50 Å². The molecule has 0 aliphatic carbocycles. The van der Waals surface area contributed by atoms with Crippen LogP contribution in [0.2, 0.25) is 0 Å². The summed E-state index contributed by atoms with van der Waals surface area (Å²) in [5.41, 5.74) is 1.73. The molecule has 0 saturated carbocycles. The molecule has 0 spiro atoms. The van der Waals surface area contributed by atoms with Gasteiger partial charge in [-0.1, -0.05) is 12.1 Å². The summed E-state index contributed by atoms with van der Waals surface area (Å²) in [5, 5.41) is 9.61. The molecule has 0 fully saturated rings. The SMILES string of the molecule is CC(O)c1cncn1C(C)c1ccc(F)cc1. The van der Waals surface area contributed by atoms with Crippen molar-refractivity contribution in [2.24, 2.45) is 0 Å². The molecule has 2 rings (SSSR count). The molecule has 1 aromatic heterocycles. The van der Waals surface area contributed by atoms with E-state index in [2.05, 4.69) is 4.98 Å². The van der Waals surface area contributed by atoms with Gasteiger partial charge in [0.2, 0.25) is 0 Å². The Balaban J connectivity index is 2.33. The van der Waals surface area contributed by atoms with E-state index in [1.165, 1.54) is 12.1 Å². The second kappa shape index (κ2) is 4.67. The Labute approximate surface area is 99.5 Å². The second-order valence-electron chi connectivity index (χ2n) is 4.13. The van der Waals surface area contributed by atoms with Crippen LogP contribution in [-0.2, 0) is 0 Å². The number of imidazole rings is 1. The minimum atomic E-state index is -0.569. The normalized spacial score (nSPS) is 14.6. The molecule has 0 amide bonds. The predicted octanol–water partition coefficient (Wildman–Crippen LogP) is 2.68. The van der Waals surface area contributed by atoms with Crippen molar-refractivity contribution in [2.45, 2.75) is 26.0 Å². The first-order valence-corrected chi connectivity index (χ1v) is 5.55. The summed E-state index contributed by atoms with van der Waals surface area (Å²) < 4.78 is 14.7. The number of aliphatic hydroxyl groups excluding tert-OH is 1. The van der Waals surface area contributed by atoms with Crippen LogP contribution < -0.4 is 0 Å². The summed E-state index contributed by atoms with van der Waals surface area (Å²) in [5.74, 6) is -0.248. The molecule has 4 heteroatoms. The molecule has 2 unspecified atom stereocenters. The van der Waals surface area contributed by atoms with E-state index in [0.717, 1.165) is 11.3 Å². The van der Waals surface area contributed by atoms with Crippen LogP contribution >= 0.6 is 0 Å². The fourth-order valence-electron chi connectivity index (χ4n) is 1.86. The molecule has 0 aliphatic rings. The maximum Gasteiger partial charge on any atom is 0.123 e. The quantitative estimate of drug-likeness (QED) is 0.886. The summed E-state index contributed by atoms with van der Waals surface area (Å²) in [6, 6.07) is 6.37. The Morgan fingerprint density at radius 3 is 2.47 bits per heavy atom. The van der Waals surface area contributed by atoms with Crippen LogP contribution in [0.5, 0.6) is 0 Å². The van der Waals surface area contributed by atoms with Crippen LogP contribution in [0.4, 0.5) is 4.39 Å². The standard InChI is InChI=1S/C13H15FN2O/c1-9(11-3-5-12(14)6-4-11)16-8-15-7-13(16)10(2)17/h3-10,17H,1-2H3. The van der Waals surface area contributed by atoms with Crippen molar-refractivity contribution in [3.8, 4) is 0 Å². The third kappa shape index (κ3) is 2.36. The van der Waals surface area contributed by atoms with Crippen LogP contribution in [0.3, 0.4) is 0 Å². The molecule has 2 atom stereocenters. The molecule has 0 bridgehead atoms. The summed E-state index contributed by atoms with van der Waals surface area (Å²) in [6.45, 7) is 3.69. The van der Waals surface area contributed by atoms with Gasteiger partial charge >= 0.3 is 0 Å². The molecule has 2 aromatic rings. The lowest BCUT2D eigenvalue weighted by molar-refractivity contribution is 0.188. The number of nitrogens with zero attached hydrogens (tertiary/aromatic N) is 2. The highest BCUT2D eigenvalue weighted by Gasteiger charge is 2.14. The molecule has 1 heterocycles. The fraction of sp³-hybridized carbons (Fsp3) is 0.308. The number of benzene rings is 1. The van der Waals surface area contributed by atoms with E-state index in [1.54, 1.807) is 31.6 Å². The van der Waals surface area contributed by atoms with Crippen LogP contribution in [0.15, 0.2) is 36.8 Å². The van der Waals surface area contributed by atoms with E-state index >= 15 is 0 Å². The first-order chi connectivity index (χ1) is 8.09. The summed E-state index contributed by atoms with van der Waals surface area (Å²) in [7, 11) is 0. The number of halogens is 1. The van der Waals surface area contributed by atoms with Gasteiger partial charge in [-0.25, -0.2) is 9.37 Å². The van der Waals surface area contributed by atoms with Gasteiger partial charge in [0.15, 0.2) is 0 Å². The lowest BCUT2D eigenvalue weighted by Crippen LogP contribution is -2.10. The average Bonchev–Trinajstić information content (AvgIpc) is 2.78. The second-order valence-corrected chi connectivity index (χ2v) is 4.13. The Morgan fingerprint density at radius 2 is 1.88 bits per heavy atom. The number of aliphatic hydroxyl groups is 1. The zero-order chi connectivity index (χ0) is 12.4. The van der Waals surface area contributed by atoms with Crippen molar-refractivity contribution in [3.63, 3.8) is 0 Å². The predicted molar refractivity (Wildman–Crippen MR) is 63.1 cm³/mol. The zero-order valence-corrected chi connectivity index (χ0v) is 9.84. The first-order valence-electron chi connectivity index (χ1n) is 5.55. The molecule has 1 N–H and O–H groups in total. The Morgan fingerprint density at radius 1 is 1.24 bits per heavy atom. The maximum absolute atomic E-state index is 12.8. The van der Waals surface area contributed by atoms with E-state index in [1.807, 2.05) is 11.5 Å². The van der Waals surface area contributed by atoms with Crippen molar-refractivity contribution in [2.75, 3.05) is 0 Å². The van der Waals surface area contributed by atoms with E-state index in [9.17, 15) is 9.50 Å². The van der Waals surface area contributed by atoms with E-state index < -0.39 is 6.10 Å². The number of rotatable bonds is 3. The highest BCUT2D eigenvalue weighted by atomic mass is 19.1. The van der Waals surface area contributed by atoms with E-state index in [4.69, 9.17) is 0 Å². The van der Waals surface area contributed by atoms with Gasteiger partial charge in [0.05, 0.1) is 30.4 Å². The van der Waals surface area contributed by atoms with Crippen LogP contribution in [0.1, 0.15) is 37.3 Å². The van der Waals surface area contributed by atoms with Crippen molar-refractivity contribution in [3.05, 3.63) is 53.9 Å². The van der Waals surface area contributed by atoms with Crippen LogP contribution in [0, 0.1) is 5.82 Å². The zero-order valence-electron chi connectivity index (χ0n) is 9.84. The molecular formula is C13H15FN2O. The van der Waals surface area contributed by atoms with E-state index in [-0.39, 0.29) is 11.9 Å². The molecule has 3 nitrogen and oxygen atoms in total. The lowest BCUT2D eigenvalue weighted by atomic mass is 10.1. The average molecular weight is 234 g/mol. The fourth-order valence-corrected chi connectivity index (χ4v) is 1.86. The molecular weight excluding hydrogens is 219 g/mol. The number of hydrogen-bond donors (Lipinski definition) is 1. The topological polar surface area (TPSA) is 38.1 Å². The van der Waals surface area contributed by atoms with Crippen molar-refractivity contribution >= 4 is 0 Å². The Hall–Kier alpha value is -1.68. The van der Waals surface area contributed by atoms with Gasteiger partial charge < -0.3 is 9.67 Å². The highest BCUT2D eigenvalue weighted by molar-refractivity contribution is 5.21. The largest absolute Gasteiger partial charge is 0.387 e. The highest BCUT2D eigenvalue weighted by Crippen LogP contribution is 2.22. The minimum Gasteiger partial charge on any atom is -0.387 e. The number of hydrogen-bond acceptors (Lipinski definition) is 2. The monoisotopic (exact) mass is 234 g/mol. The molecule has 1 aromatic carbocycles.